The van der Waals surface area contributed by atoms with Crippen LogP contribution in [0.3, 0.4) is 0 Å². The number of carbonyl (C=O) groups excluding carboxylic acids is 1. The Morgan fingerprint density at radius 3 is 2.31 bits per heavy atom. The maximum Gasteiger partial charge on any atom is 0.324 e. The number of benzene rings is 2. The van der Waals surface area contributed by atoms with Gasteiger partial charge >= 0.3 is 6.03 Å². The number of piperidine rings is 1. The summed E-state index contributed by atoms with van der Waals surface area (Å²) >= 11 is 1.24. The molecular formula is C36H40N6O4S2. The number of thiophene rings is 1. The van der Waals surface area contributed by atoms with E-state index in [1.54, 1.807) is 27.2 Å². The minimum absolute atomic E-state index is 0.00753. The van der Waals surface area contributed by atoms with E-state index in [4.69, 9.17) is 9.62 Å². The first-order chi connectivity index (χ1) is 22.9. The summed E-state index contributed by atoms with van der Waals surface area (Å²) in [4.78, 5) is 13.9. The molecule has 48 heavy (non-hydrogen) atoms. The third-order valence-electron chi connectivity index (χ3n) is 9.30. The first kappa shape index (κ1) is 32.3. The average Bonchev–Trinajstić information content (AvgIpc) is 3.85. The molecular weight excluding hydrogens is 645 g/mol. The summed E-state index contributed by atoms with van der Waals surface area (Å²) in [5, 5.41) is 14.7. The van der Waals surface area contributed by atoms with Crippen LogP contribution in [0.4, 0.5) is 16.3 Å². The van der Waals surface area contributed by atoms with Crippen LogP contribution in [0, 0.1) is 12.8 Å². The number of hydrogen-bond donors (Lipinski definition) is 2. The van der Waals surface area contributed by atoms with E-state index >= 15 is 0 Å². The number of nitrogens with one attached hydrogen (secondary N) is 2. The van der Waals surface area contributed by atoms with E-state index in [2.05, 4.69) is 36.6 Å². The van der Waals surface area contributed by atoms with Gasteiger partial charge in [0.05, 0.1) is 16.3 Å². The quantitative estimate of drug-likeness (QED) is 0.171. The van der Waals surface area contributed by atoms with E-state index in [9.17, 15) is 13.2 Å². The number of rotatable bonds is 8. The first-order valence-electron chi connectivity index (χ1n) is 16.3. The van der Waals surface area contributed by atoms with Crippen LogP contribution in [0.25, 0.3) is 16.3 Å². The smallest absolute Gasteiger partial charge is 0.324 e. The minimum Gasteiger partial charge on any atom is -0.364 e. The third-order valence-corrected chi connectivity index (χ3v) is 12.9. The van der Waals surface area contributed by atoms with Gasteiger partial charge in [0.1, 0.15) is 22.0 Å². The van der Waals surface area contributed by atoms with Crippen LogP contribution in [0.15, 0.2) is 87.8 Å². The fourth-order valence-electron chi connectivity index (χ4n) is 6.90. The van der Waals surface area contributed by atoms with E-state index in [1.165, 1.54) is 23.2 Å². The summed E-state index contributed by atoms with van der Waals surface area (Å²) in [6.07, 6.45) is 5.81. The van der Waals surface area contributed by atoms with Gasteiger partial charge in [-0.2, -0.15) is 9.40 Å². The molecule has 2 bridgehead atoms. The Balaban J connectivity index is 0.975. The molecule has 0 saturated carbocycles. The summed E-state index contributed by atoms with van der Waals surface area (Å²) in [7, 11) is -3.59. The molecule has 12 heteroatoms. The molecule has 2 unspecified atom stereocenters. The highest BCUT2D eigenvalue weighted by atomic mass is 32.2. The summed E-state index contributed by atoms with van der Waals surface area (Å²) in [6.45, 7) is 8.32. The van der Waals surface area contributed by atoms with Gasteiger partial charge < -0.3 is 9.84 Å². The van der Waals surface area contributed by atoms with Gasteiger partial charge in [0, 0.05) is 35.3 Å². The van der Waals surface area contributed by atoms with Crippen LogP contribution >= 0.6 is 11.3 Å². The van der Waals surface area contributed by atoms with Gasteiger partial charge in [-0.25, -0.2) is 17.9 Å². The zero-order valence-corrected chi connectivity index (χ0v) is 29.1. The van der Waals surface area contributed by atoms with Crippen molar-refractivity contribution in [3.8, 4) is 16.3 Å². The monoisotopic (exact) mass is 684 g/mol. The zero-order chi connectivity index (χ0) is 33.6. The molecule has 5 aromatic rings. The Morgan fingerprint density at radius 1 is 0.958 bits per heavy atom. The lowest BCUT2D eigenvalue weighted by atomic mass is 9.87. The Hall–Kier alpha value is -4.26. The van der Waals surface area contributed by atoms with Gasteiger partial charge in [-0.15, -0.1) is 11.3 Å². The Labute approximate surface area is 285 Å². The topological polar surface area (TPSA) is 122 Å². The highest BCUT2D eigenvalue weighted by Crippen LogP contribution is 2.44. The number of urea groups is 1. The molecule has 2 saturated heterocycles. The Morgan fingerprint density at radius 2 is 1.67 bits per heavy atom. The van der Waals surface area contributed by atoms with E-state index in [0.717, 1.165) is 53.9 Å². The van der Waals surface area contributed by atoms with Crippen molar-refractivity contribution >= 4 is 38.9 Å². The highest BCUT2D eigenvalue weighted by Gasteiger charge is 2.47. The molecule has 2 aliphatic heterocycles. The molecule has 0 spiro atoms. The Kier molecular flexibility index (Phi) is 8.51. The number of anilines is 2. The molecule has 2 aliphatic rings. The average molecular weight is 685 g/mol. The molecule has 7 rings (SSSR count). The molecule has 2 atom stereocenters. The van der Waals surface area contributed by atoms with Gasteiger partial charge in [-0.1, -0.05) is 55.8 Å². The van der Waals surface area contributed by atoms with Crippen molar-refractivity contribution < 1.29 is 17.7 Å². The second kappa shape index (κ2) is 12.6. The predicted molar refractivity (Wildman–Crippen MR) is 188 cm³/mol. The molecule has 250 valence electrons. The van der Waals surface area contributed by atoms with Crippen LogP contribution in [-0.2, 0) is 21.9 Å². The largest absolute Gasteiger partial charge is 0.364 e. The molecule has 2 aromatic carbocycles. The second-order valence-electron chi connectivity index (χ2n) is 14.0. The van der Waals surface area contributed by atoms with Crippen LogP contribution in [0.5, 0.6) is 0 Å². The van der Waals surface area contributed by atoms with Crippen molar-refractivity contribution in [1.82, 2.24) is 19.2 Å². The van der Waals surface area contributed by atoms with Gasteiger partial charge in [0.2, 0.25) is 0 Å². The number of fused-ring (bicyclic) bond motifs is 2. The molecule has 2 N–H and O–H groups in total. The summed E-state index contributed by atoms with van der Waals surface area (Å²) in [5.74, 6) is 0.986. The van der Waals surface area contributed by atoms with Crippen LogP contribution in [0.2, 0.25) is 0 Å². The number of sulfonamides is 1. The number of hydrogen-bond acceptors (Lipinski definition) is 7. The standard InChI is InChI=1S/C36H40N6O4S2/c1-23-5-11-27(12-6-23)41-33(22-32(39-41)36(2,3)4)38-35(43)37-26-9-7-24(8-10-26)19-25-20-28-13-14-29(21-25)42(28)48(44,45)34-16-15-31(47-34)30-17-18-46-40-30/h5-12,15-18,22,25,28-29H,13-14,19-21H2,1-4H3,(H2,37,38,43). The maximum absolute atomic E-state index is 13.7. The van der Waals surface area contributed by atoms with Crippen LogP contribution < -0.4 is 10.6 Å². The normalized spacial score (nSPS) is 19.8. The van der Waals surface area contributed by atoms with Crippen LogP contribution in [0.1, 0.15) is 63.3 Å². The number of amides is 2. The van der Waals surface area contributed by atoms with Crippen molar-refractivity contribution in [2.75, 3.05) is 10.6 Å². The second-order valence-corrected chi connectivity index (χ2v) is 17.1. The summed E-state index contributed by atoms with van der Waals surface area (Å²) in [5.41, 5.74) is 5.22. The van der Waals surface area contributed by atoms with Gasteiger partial charge in [0.15, 0.2) is 0 Å². The van der Waals surface area contributed by atoms with E-state index < -0.39 is 10.0 Å². The predicted octanol–water partition coefficient (Wildman–Crippen LogP) is 8.01. The lowest BCUT2D eigenvalue weighted by Gasteiger charge is -2.37. The number of aromatic nitrogens is 3. The van der Waals surface area contributed by atoms with E-state index in [-0.39, 0.29) is 23.5 Å². The van der Waals surface area contributed by atoms with Crippen molar-refractivity contribution in [3.63, 3.8) is 0 Å². The molecule has 2 fully saturated rings. The molecule has 3 aromatic heterocycles. The zero-order valence-electron chi connectivity index (χ0n) is 27.5. The third kappa shape index (κ3) is 6.56. The van der Waals surface area contributed by atoms with Crippen molar-refractivity contribution in [1.29, 1.82) is 0 Å². The lowest BCUT2D eigenvalue weighted by molar-refractivity contribution is 0.190. The lowest BCUT2D eigenvalue weighted by Crippen LogP contribution is -2.46. The number of nitrogens with zero attached hydrogens (tertiary/aromatic N) is 4. The number of aryl methyl sites for hydroxylation is 1. The molecule has 2 amide bonds. The van der Waals surface area contributed by atoms with Crippen molar-refractivity contribution in [3.05, 3.63) is 95.9 Å². The number of carbonyl (C=O) groups is 1. The Bertz CT molecular complexity index is 2000. The molecule has 5 heterocycles. The first-order valence-corrected chi connectivity index (χ1v) is 18.6. The highest BCUT2D eigenvalue weighted by molar-refractivity contribution is 7.91. The fourth-order valence-corrected chi connectivity index (χ4v) is 10.2. The van der Waals surface area contributed by atoms with Gasteiger partial charge in [-0.05, 0) is 86.9 Å². The minimum atomic E-state index is -3.59. The molecule has 0 aliphatic carbocycles. The van der Waals surface area contributed by atoms with Gasteiger partial charge in [-0.3, -0.25) is 5.32 Å². The fraction of sp³-hybridized carbons (Fsp3) is 0.361. The summed E-state index contributed by atoms with van der Waals surface area (Å²) in [6, 6.07) is 22.8. The van der Waals surface area contributed by atoms with Crippen molar-refractivity contribution in [2.24, 2.45) is 5.92 Å². The van der Waals surface area contributed by atoms with Crippen molar-refractivity contribution in [2.45, 2.75) is 81.5 Å². The van der Waals surface area contributed by atoms with E-state index in [0.29, 0.717) is 27.3 Å². The van der Waals surface area contributed by atoms with Gasteiger partial charge in [0.25, 0.3) is 10.0 Å². The van der Waals surface area contributed by atoms with E-state index in [1.807, 2.05) is 61.5 Å². The SMILES string of the molecule is Cc1ccc(-n2nc(C(C)(C)C)cc2NC(=O)Nc2ccc(CC3CC4CCC(C3)N4S(=O)(=O)c3ccc(-c4ccon4)s3)cc2)cc1. The molecule has 0 radical (unpaired) electrons. The molecule has 10 nitrogen and oxygen atoms in total. The maximum atomic E-state index is 13.7. The summed E-state index contributed by atoms with van der Waals surface area (Å²) < 4.78 is 36.3. The van der Waals surface area contributed by atoms with Crippen LogP contribution in [-0.4, -0.2) is 45.8 Å².